The molecule has 1 heterocycles. The van der Waals surface area contributed by atoms with Crippen LogP contribution in [-0.2, 0) is 0 Å². The molecule has 1 aromatic heterocycles. The van der Waals surface area contributed by atoms with Crippen LogP contribution in [0, 0.1) is 17.7 Å². The molecule has 1 fully saturated rings. The maximum atomic E-state index is 12.9. The van der Waals surface area contributed by atoms with Crippen molar-refractivity contribution < 1.29 is 4.39 Å². The number of rotatable bonds is 3. The van der Waals surface area contributed by atoms with Crippen LogP contribution in [0.15, 0.2) is 18.3 Å². The highest BCUT2D eigenvalue weighted by Gasteiger charge is 2.26. The van der Waals surface area contributed by atoms with E-state index < -0.39 is 0 Å². The van der Waals surface area contributed by atoms with Crippen molar-refractivity contribution in [3.05, 3.63) is 29.8 Å². The average molecular weight is 236 g/mol. The fourth-order valence-corrected chi connectivity index (χ4v) is 2.82. The van der Waals surface area contributed by atoms with E-state index in [2.05, 4.69) is 17.2 Å². The van der Waals surface area contributed by atoms with Gasteiger partial charge in [-0.2, -0.15) is 0 Å². The largest absolute Gasteiger partial charge is 0.311 e. The topological polar surface area (TPSA) is 24.9 Å². The minimum atomic E-state index is -0.263. The van der Waals surface area contributed by atoms with Gasteiger partial charge in [-0.3, -0.25) is 4.98 Å². The molecule has 1 atom stereocenters. The van der Waals surface area contributed by atoms with E-state index in [-0.39, 0.29) is 11.9 Å². The van der Waals surface area contributed by atoms with Crippen molar-refractivity contribution in [2.45, 2.75) is 38.6 Å². The molecule has 0 aliphatic heterocycles. The summed E-state index contributed by atoms with van der Waals surface area (Å²) >= 11 is 0. The first-order valence-corrected chi connectivity index (χ1v) is 6.49. The molecule has 1 aliphatic rings. The molecule has 2 nitrogen and oxygen atoms in total. The predicted octanol–water partition coefficient (Wildman–Crippen LogP) is 3.31. The van der Waals surface area contributed by atoms with Crippen molar-refractivity contribution in [1.82, 2.24) is 10.3 Å². The van der Waals surface area contributed by atoms with Crippen LogP contribution >= 0.6 is 0 Å². The summed E-state index contributed by atoms with van der Waals surface area (Å²) in [5, 5.41) is 3.34. The van der Waals surface area contributed by atoms with Gasteiger partial charge in [-0.15, -0.1) is 0 Å². The zero-order valence-corrected chi connectivity index (χ0v) is 10.6. The SMILES string of the molecule is CNC(c1ccc(F)cn1)C1CCC(C)CC1. The molecule has 0 aromatic carbocycles. The smallest absolute Gasteiger partial charge is 0.141 e. The molecular formula is C14H21FN2. The molecule has 3 heteroatoms. The van der Waals surface area contributed by atoms with Gasteiger partial charge in [0.1, 0.15) is 5.82 Å². The summed E-state index contributed by atoms with van der Waals surface area (Å²) < 4.78 is 12.9. The fraction of sp³-hybridized carbons (Fsp3) is 0.643. The highest BCUT2D eigenvalue weighted by molar-refractivity contribution is 5.11. The Kier molecular flexibility index (Phi) is 4.11. The van der Waals surface area contributed by atoms with Crippen molar-refractivity contribution in [2.75, 3.05) is 7.05 Å². The van der Waals surface area contributed by atoms with Crippen LogP contribution in [-0.4, -0.2) is 12.0 Å². The molecule has 0 bridgehead atoms. The molecular weight excluding hydrogens is 215 g/mol. The predicted molar refractivity (Wildman–Crippen MR) is 67.1 cm³/mol. The normalized spacial score (nSPS) is 26.8. The minimum absolute atomic E-state index is 0.263. The lowest BCUT2D eigenvalue weighted by Gasteiger charge is -2.32. The van der Waals surface area contributed by atoms with E-state index in [0.717, 1.165) is 11.6 Å². The number of hydrogen-bond acceptors (Lipinski definition) is 2. The van der Waals surface area contributed by atoms with Crippen molar-refractivity contribution in [3.8, 4) is 0 Å². The second-order valence-corrected chi connectivity index (χ2v) is 5.19. The molecule has 94 valence electrons. The van der Waals surface area contributed by atoms with Crippen LogP contribution < -0.4 is 5.32 Å². The van der Waals surface area contributed by atoms with Gasteiger partial charge >= 0.3 is 0 Å². The highest BCUT2D eigenvalue weighted by Crippen LogP contribution is 2.35. The zero-order valence-electron chi connectivity index (χ0n) is 10.6. The number of aromatic nitrogens is 1. The maximum absolute atomic E-state index is 12.9. The Morgan fingerprint density at radius 2 is 2.00 bits per heavy atom. The molecule has 17 heavy (non-hydrogen) atoms. The van der Waals surface area contributed by atoms with Crippen molar-refractivity contribution in [2.24, 2.45) is 11.8 Å². The van der Waals surface area contributed by atoms with Crippen molar-refractivity contribution >= 4 is 0 Å². The van der Waals surface area contributed by atoms with Gasteiger partial charge in [-0.25, -0.2) is 4.39 Å². The third-order valence-electron chi connectivity index (χ3n) is 3.91. The Morgan fingerprint density at radius 3 is 2.53 bits per heavy atom. The summed E-state index contributed by atoms with van der Waals surface area (Å²) in [5.41, 5.74) is 0.966. The molecule has 0 amide bonds. The Balaban J connectivity index is 2.08. The molecule has 0 spiro atoms. The van der Waals surface area contributed by atoms with Gasteiger partial charge in [0.2, 0.25) is 0 Å². The summed E-state index contributed by atoms with van der Waals surface area (Å²) in [6.07, 6.45) is 6.39. The van der Waals surface area contributed by atoms with Gasteiger partial charge in [-0.1, -0.05) is 19.8 Å². The second-order valence-electron chi connectivity index (χ2n) is 5.19. The molecule has 1 saturated carbocycles. The van der Waals surface area contributed by atoms with Crippen molar-refractivity contribution in [1.29, 1.82) is 0 Å². The third kappa shape index (κ3) is 3.03. The minimum Gasteiger partial charge on any atom is -0.311 e. The van der Waals surface area contributed by atoms with E-state index in [4.69, 9.17) is 0 Å². The zero-order chi connectivity index (χ0) is 12.3. The van der Waals surface area contributed by atoms with E-state index in [0.29, 0.717) is 5.92 Å². The summed E-state index contributed by atoms with van der Waals surface area (Å²) in [7, 11) is 1.97. The van der Waals surface area contributed by atoms with Gasteiger partial charge < -0.3 is 5.32 Å². The summed E-state index contributed by atoms with van der Waals surface area (Å²) in [6.45, 7) is 2.32. The Labute approximate surface area is 103 Å². The molecule has 1 unspecified atom stereocenters. The first kappa shape index (κ1) is 12.5. The van der Waals surface area contributed by atoms with Gasteiger partial charge in [0.15, 0.2) is 0 Å². The number of nitrogens with one attached hydrogen (secondary N) is 1. The number of pyridine rings is 1. The van der Waals surface area contributed by atoms with Gasteiger partial charge in [0.05, 0.1) is 17.9 Å². The first-order chi connectivity index (χ1) is 8.20. The van der Waals surface area contributed by atoms with Gasteiger partial charge in [0, 0.05) is 0 Å². The monoisotopic (exact) mass is 236 g/mol. The lowest BCUT2D eigenvalue weighted by Crippen LogP contribution is -2.29. The third-order valence-corrected chi connectivity index (χ3v) is 3.91. The first-order valence-electron chi connectivity index (χ1n) is 6.49. The molecule has 0 saturated heterocycles. The van der Waals surface area contributed by atoms with Gasteiger partial charge in [0.25, 0.3) is 0 Å². The van der Waals surface area contributed by atoms with Gasteiger partial charge in [-0.05, 0) is 43.9 Å². The molecule has 0 radical (unpaired) electrons. The Hall–Kier alpha value is -0.960. The Morgan fingerprint density at radius 1 is 1.29 bits per heavy atom. The number of nitrogens with zero attached hydrogens (tertiary/aromatic N) is 1. The lowest BCUT2D eigenvalue weighted by molar-refractivity contribution is 0.235. The average Bonchev–Trinajstić information content (AvgIpc) is 2.35. The fourth-order valence-electron chi connectivity index (χ4n) is 2.82. The quantitative estimate of drug-likeness (QED) is 0.871. The van der Waals surface area contributed by atoms with Crippen LogP contribution in [0.5, 0.6) is 0 Å². The second kappa shape index (κ2) is 5.58. The molecule has 2 rings (SSSR count). The Bertz CT molecular complexity index is 342. The summed E-state index contributed by atoms with van der Waals surface area (Å²) in [4.78, 5) is 4.21. The lowest BCUT2D eigenvalue weighted by atomic mass is 9.78. The van der Waals surface area contributed by atoms with Crippen molar-refractivity contribution in [3.63, 3.8) is 0 Å². The number of hydrogen-bond donors (Lipinski definition) is 1. The van der Waals surface area contributed by atoms with E-state index in [1.807, 2.05) is 7.05 Å². The van der Waals surface area contributed by atoms with E-state index >= 15 is 0 Å². The molecule has 1 N–H and O–H groups in total. The van der Waals surface area contributed by atoms with Crippen LogP contribution in [0.3, 0.4) is 0 Å². The van der Waals surface area contributed by atoms with Crippen LogP contribution in [0.25, 0.3) is 0 Å². The van der Waals surface area contributed by atoms with E-state index in [1.54, 1.807) is 6.07 Å². The van der Waals surface area contributed by atoms with Crippen LogP contribution in [0.1, 0.15) is 44.3 Å². The standard InChI is InChI=1S/C14H21FN2/c1-10-3-5-11(6-4-10)14(16-2)13-8-7-12(15)9-17-13/h7-11,14,16H,3-6H2,1-2H3. The van der Waals surface area contributed by atoms with E-state index in [9.17, 15) is 4.39 Å². The van der Waals surface area contributed by atoms with E-state index in [1.165, 1.54) is 37.9 Å². The maximum Gasteiger partial charge on any atom is 0.141 e. The number of halogens is 1. The summed E-state index contributed by atoms with van der Waals surface area (Å²) in [6, 6.07) is 3.57. The summed E-state index contributed by atoms with van der Waals surface area (Å²) in [5.74, 6) is 1.22. The molecule has 1 aliphatic carbocycles. The van der Waals surface area contributed by atoms with Crippen LogP contribution in [0.2, 0.25) is 0 Å². The highest BCUT2D eigenvalue weighted by atomic mass is 19.1. The molecule has 1 aromatic rings. The van der Waals surface area contributed by atoms with Crippen LogP contribution in [0.4, 0.5) is 4.39 Å².